The molecule has 0 spiro atoms. The fraction of sp³-hybridized carbons (Fsp3) is 0.200. The molecule has 3 rings (SSSR count). The Hall–Kier alpha value is -3.28. The van der Waals surface area contributed by atoms with E-state index in [0.29, 0.717) is 24.0 Å². The Morgan fingerprint density at radius 2 is 1.58 bits per heavy atom. The van der Waals surface area contributed by atoms with Crippen LogP contribution >= 0.6 is 0 Å². The van der Waals surface area contributed by atoms with Gasteiger partial charge in [-0.15, -0.1) is 0 Å². The number of hydrogen-bond acceptors (Lipinski definition) is 5. The molecule has 3 aromatic rings. The van der Waals surface area contributed by atoms with Crippen LogP contribution < -0.4 is 11.1 Å². The molecule has 0 saturated carbocycles. The van der Waals surface area contributed by atoms with E-state index in [9.17, 15) is 4.79 Å². The average molecular weight is 347 g/mol. The van der Waals surface area contributed by atoms with Gasteiger partial charge in [-0.05, 0) is 12.1 Å². The second-order valence-corrected chi connectivity index (χ2v) is 6.68. The highest BCUT2D eigenvalue weighted by atomic mass is 16.1. The van der Waals surface area contributed by atoms with Crippen LogP contribution in [0, 0.1) is 5.41 Å². The fourth-order valence-corrected chi connectivity index (χ4v) is 2.40. The molecule has 6 heteroatoms. The maximum Gasteiger partial charge on any atom is 0.231 e. The lowest BCUT2D eigenvalue weighted by atomic mass is 9.88. The summed E-state index contributed by atoms with van der Waals surface area (Å²) in [5.41, 5.74) is 6.50. The Labute approximate surface area is 152 Å². The first-order valence-corrected chi connectivity index (χ1v) is 8.36. The van der Waals surface area contributed by atoms with Crippen molar-refractivity contribution in [2.75, 3.05) is 5.32 Å². The molecule has 0 atom stereocenters. The molecule has 0 fully saturated rings. The highest BCUT2D eigenvalue weighted by Crippen LogP contribution is 2.23. The second kappa shape index (κ2) is 7.31. The van der Waals surface area contributed by atoms with Gasteiger partial charge in [0.05, 0.1) is 5.41 Å². The van der Waals surface area contributed by atoms with E-state index >= 15 is 0 Å². The molecule has 0 unspecified atom stereocenters. The van der Waals surface area contributed by atoms with Crippen LogP contribution in [0.1, 0.15) is 19.7 Å². The molecular formula is C20H21N5O. The van der Waals surface area contributed by atoms with Gasteiger partial charge in [0.1, 0.15) is 5.82 Å². The first-order chi connectivity index (χ1) is 12.4. The van der Waals surface area contributed by atoms with Crippen molar-refractivity contribution < 1.29 is 4.79 Å². The van der Waals surface area contributed by atoms with Crippen LogP contribution in [0.15, 0.2) is 60.7 Å². The van der Waals surface area contributed by atoms with Gasteiger partial charge >= 0.3 is 0 Å². The van der Waals surface area contributed by atoms with Crippen molar-refractivity contribution in [2.24, 2.45) is 11.1 Å². The number of nitrogens with zero attached hydrogens (tertiary/aromatic N) is 3. The van der Waals surface area contributed by atoms with Gasteiger partial charge in [-0.25, -0.2) is 4.98 Å². The number of nitrogens with one attached hydrogen (secondary N) is 1. The van der Waals surface area contributed by atoms with Crippen LogP contribution in [0.3, 0.4) is 0 Å². The normalized spacial score (nSPS) is 11.2. The SMILES string of the molecule is CC(C)(Cc1nc(Nc2ccccc2)nc(-c2ccccc2)n1)C(N)=O. The minimum absolute atomic E-state index is 0.328. The highest BCUT2D eigenvalue weighted by molar-refractivity contribution is 5.80. The summed E-state index contributed by atoms with van der Waals surface area (Å²) in [4.78, 5) is 25.2. The first-order valence-electron chi connectivity index (χ1n) is 8.36. The van der Waals surface area contributed by atoms with Crippen LogP contribution in [0.25, 0.3) is 11.4 Å². The molecule has 2 aromatic carbocycles. The minimum Gasteiger partial charge on any atom is -0.369 e. The molecule has 0 aliphatic carbocycles. The van der Waals surface area contributed by atoms with Crippen molar-refractivity contribution in [3.8, 4) is 11.4 Å². The van der Waals surface area contributed by atoms with E-state index in [4.69, 9.17) is 5.73 Å². The summed E-state index contributed by atoms with van der Waals surface area (Å²) >= 11 is 0. The zero-order valence-electron chi connectivity index (χ0n) is 14.8. The lowest BCUT2D eigenvalue weighted by Gasteiger charge is -2.19. The molecule has 132 valence electrons. The van der Waals surface area contributed by atoms with E-state index in [1.165, 1.54) is 0 Å². The first kappa shape index (κ1) is 17.5. The number of aromatic nitrogens is 3. The lowest BCUT2D eigenvalue weighted by Crippen LogP contribution is -2.34. The van der Waals surface area contributed by atoms with Crippen LogP contribution in [0.4, 0.5) is 11.6 Å². The topological polar surface area (TPSA) is 93.8 Å². The minimum atomic E-state index is -0.751. The number of primary amides is 1. The quantitative estimate of drug-likeness (QED) is 0.713. The maximum atomic E-state index is 11.7. The Bertz CT molecular complexity index is 895. The summed E-state index contributed by atoms with van der Waals surface area (Å²) in [6.07, 6.45) is 0.328. The third-order valence-electron chi connectivity index (χ3n) is 4.01. The van der Waals surface area contributed by atoms with Gasteiger partial charge in [-0.1, -0.05) is 62.4 Å². The number of rotatable bonds is 6. The van der Waals surface area contributed by atoms with Gasteiger partial charge in [0, 0.05) is 17.7 Å². The van der Waals surface area contributed by atoms with E-state index in [0.717, 1.165) is 11.3 Å². The summed E-state index contributed by atoms with van der Waals surface area (Å²) in [5, 5.41) is 3.19. The smallest absolute Gasteiger partial charge is 0.231 e. The molecule has 1 aromatic heterocycles. The molecular weight excluding hydrogens is 326 g/mol. The number of carbonyl (C=O) groups excluding carboxylic acids is 1. The molecule has 26 heavy (non-hydrogen) atoms. The average Bonchev–Trinajstić information content (AvgIpc) is 2.62. The van der Waals surface area contributed by atoms with E-state index in [-0.39, 0.29) is 0 Å². The largest absolute Gasteiger partial charge is 0.369 e. The van der Waals surface area contributed by atoms with E-state index in [2.05, 4.69) is 20.3 Å². The molecule has 1 heterocycles. The Morgan fingerprint density at radius 1 is 0.962 bits per heavy atom. The molecule has 1 amide bonds. The molecule has 0 aliphatic rings. The van der Waals surface area contributed by atoms with Gasteiger partial charge in [-0.3, -0.25) is 4.79 Å². The van der Waals surface area contributed by atoms with Gasteiger partial charge < -0.3 is 11.1 Å². The van der Waals surface area contributed by atoms with E-state index in [1.54, 1.807) is 13.8 Å². The van der Waals surface area contributed by atoms with Gasteiger partial charge in [0.25, 0.3) is 0 Å². The van der Waals surface area contributed by atoms with Crippen LogP contribution in [0.5, 0.6) is 0 Å². The summed E-state index contributed by atoms with van der Waals surface area (Å²) in [6.45, 7) is 3.57. The van der Waals surface area contributed by atoms with E-state index in [1.807, 2.05) is 60.7 Å². The highest BCUT2D eigenvalue weighted by Gasteiger charge is 2.27. The maximum absolute atomic E-state index is 11.7. The molecule has 6 nitrogen and oxygen atoms in total. The zero-order valence-corrected chi connectivity index (χ0v) is 14.8. The van der Waals surface area contributed by atoms with Crippen LogP contribution in [0.2, 0.25) is 0 Å². The standard InChI is InChI=1S/C20H21N5O/c1-20(2,18(21)26)13-16-23-17(14-9-5-3-6-10-14)25-19(24-16)22-15-11-7-4-8-12-15/h3-12H,13H2,1-2H3,(H2,21,26)(H,22,23,24,25). The summed E-state index contributed by atoms with van der Waals surface area (Å²) in [6, 6.07) is 19.3. The van der Waals surface area contributed by atoms with Crippen LogP contribution in [-0.4, -0.2) is 20.9 Å². The molecule has 3 N–H and O–H groups in total. The monoisotopic (exact) mass is 347 g/mol. The Morgan fingerprint density at radius 3 is 2.19 bits per heavy atom. The number of amides is 1. The molecule has 0 bridgehead atoms. The van der Waals surface area contributed by atoms with Crippen molar-refractivity contribution in [1.29, 1.82) is 0 Å². The fourth-order valence-electron chi connectivity index (χ4n) is 2.40. The number of anilines is 2. The number of para-hydroxylation sites is 1. The van der Waals surface area contributed by atoms with Crippen molar-refractivity contribution in [3.63, 3.8) is 0 Å². The van der Waals surface area contributed by atoms with E-state index < -0.39 is 11.3 Å². The second-order valence-electron chi connectivity index (χ2n) is 6.68. The third kappa shape index (κ3) is 4.22. The Kier molecular flexibility index (Phi) is 4.93. The molecule has 0 saturated heterocycles. The number of benzene rings is 2. The van der Waals surface area contributed by atoms with Crippen molar-refractivity contribution in [1.82, 2.24) is 15.0 Å². The van der Waals surface area contributed by atoms with Gasteiger partial charge in [-0.2, -0.15) is 9.97 Å². The third-order valence-corrected chi connectivity index (χ3v) is 4.01. The van der Waals surface area contributed by atoms with Crippen molar-refractivity contribution in [3.05, 3.63) is 66.5 Å². The number of nitrogens with two attached hydrogens (primary N) is 1. The molecule has 0 radical (unpaired) electrons. The summed E-state index contributed by atoms with van der Waals surface area (Å²) < 4.78 is 0. The van der Waals surface area contributed by atoms with Crippen LogP contribution in [-0.2, 0) is 11.2 Å². The van der Waals surface area contributed by atoms with Crippen molar-refractivity contribution >= 4 is 17.5 Å². The Balaban J connectivity index is 2.00. The molecule has 0 aliphatic heterocycles. The van der Waals surface area contributed by atoms with Crippen molar-refractivity contribution in [2.45, 2.75) is 20.3 Å². The summed E-state index contributed by atoms with van der Waals surface area (Å²) in [5.74, 6) is 1.10. The predicted molar refractivity (Wildman–Crippen MR) is 102 cm³/mol. The lowest BCUT2D eigenvalue weighted by molar-refractivity contribution is -0.126. The number of carbonyl (C=O) groups is 1. The predicted octanol–water partition coefficient (Wildman–Crippen LogP) is 3.34. The summed E-state index contributed by atoms with van der Waals surface area (Å²) in [7, 11) is 0. The van der Waals surface area contributed by atoms with Gasteiger partial charge in [0.15, 0.2) is 5.82 Å². The zero-order chi connectivity index (χ0) is 18.6. The number of hydrogen-bond donors (Lipinski definition) is 2. The van der Waals surface area contributed by atoms with Gasteiger partial charge in [0.2, 0.25) is 11.9 Å².